The maximum absolute atomic E-state index is 12.0. The van der Waals surface area contributed by atoms with E-state index in [0.29, 0.717) is 0 Å². The van der Waals surface area contributed by atoms with Crippen LogP contribution in [-0.4, -0.2) is 18.8 Å². The first-order valence-corrected chi connectivity index (χ1v) is 5.55. The Hall–Kier alpha value is -1.98. The Morgan fingerprint density at radius 1 is 1.26 bits per heavy atom. The zero-order valence-corrected chi connectivity index (χ0v) is 10.2. The number of alkyl halides is 3. The number of benzene rings is 1. The topological polar surface area (TPSA) is 38.3 Å². The Kier molecular flexibility index (Phi) is 5.41. The molecule has 0 unspecified atom stereocenters. The van der Waals surface area contributed by atoms with Crippen molar-refractivity contribution in [2.45, 2.75) is 19.2 Å². The summed E-state index contributed by atoms with van der Waals surface area (Å²) in [7, 11) is 0. The Morgan fingerprint density at radius 3 is 2.47 bits per heavy atom. The van der Waals surface area contributed by atoms with Gasteiger partial charge in [0.2, 0.25) is 0 Å². The zero-order valence-electron chi connectivity index (χ0n) is 10.2. The number of carbonyl (C=O) groups excluding carboxylic acids is 1. The largest absolute Gasteiger partial charge is 0.445 e. The van der Waals surface area contributed by atoms with Crippen molar-refractivity contribution in [3.8, 4) is 0 Å². The summed E-state index contributed by atoms with van der Waals surface area (Å²) in [5.41, 5.74) is 0.677. The minimum atomic E-state index is -4.31. The lowest BCUT2D eigenvalue weighted by atomic mass is 10.2. The predicted octanol–water partition coefficient (Wildman–Crippen LogP) is 3.42. The maximum atomic E-state index is 12.0. The molecule has 0 atom stereocenters. The third-order valence-corrected chi connectivity index (χ3v) is 2.15. The molecule has 1 N–H and O–H groups in total. The predicted molar refractivity (Wildman–Crippen MR) is 64.4 cm³/mol. The van der Waals surface area contributed by atoms with E-state index in [-0.39, 0.29) is 18.7 Å². The second-order valence-corrected chi connectivity index (χ2v) is 3.96. The highest BCUT2D eigenvalue weighted by atomic mass is 19.4. The second kappa shape index (κ2) is 6.82. The number of nitrogens with one attached hydrogen (secondary N) is 1. The van der Waals surface area contributed by atoms with E-state index in [9.17, 15) is 18.0 Å². The second-order valence-electron chi connectivity index (χ2n) is 3.96. The van der Waals surface area contributed by atoms with Gasteiger partial charge in [0.25, 0.3) is 0 Å². The van der Waals surface area contributed by atoms with Gasteiger partial charge in [0, 0.05) is 6.54 Å². The molecular weight excluding hydrogens is 259 g/mol. The van der Waals surface area contributed by atoms with Gasteiger partial charge in [0.1, 0.15) is 6.61 Å². The molecule has 0 bridgehead atoms. The van der Waals surface area contributed by atoms with Crippen LogP contribution in [0.15, 0.2) is 42.5 Å². The van der Waals surface area contributed by atoms with Crippen LogP contribution >= 0.6 is 0 Å². The first-order chi connectivity index (χ1) is 8.87. The number of amides is 1. The Balaban J connectivity index is 2.23. The summed E-state index contributed by atoms with van der Waals surface area (Å²) < 4.78 is 40.8. The van der Waals surface area contributed by atoms with Gasteiger partial charge in [0.05, 0.1) is 6.42 Å². The van der Waals surface area contributed by atoms with Gasteiger partial charge in [-0.15, -0.1) is 0 Å². The molecule has 3 nitrogen and oxygen atoms in total. The fraction of sp³-hybridized carbons (Fsp3) is 0.308. The average molecular weight is 273 g/mol. The van der Waals surface area contributed by atoms with E-state index in [4.69, 9.17) is 4.74 Å². The molecule has 1 rings (SSSR count). The average Bonchev–Trinajstić information content (AvgIpc) is 2.33. The standard InChI is InChI=1S/C13H14F3NO2/c1-10(7-13(14,15)16)8-17-12(18)19-9-11-5-3-2-4-6-11/h2-6H,1,7-9H2,(H,17,18). The number of carbonyl (C=O) groups is 1. The van der Waals surface area contributed by atoms with Crippen LogP contribution in [0.2, 0.25) is 0 Å². The van der Waals surface area contributed by atoms with Crippen molar-refractivity contribution in [2.75, 3.05) is 6.54 Å². The van der Waals surface area contributed by atoms with Crippen molar-refractivity contribution < 1.29 is 22.7 Å². The van der Waals surface area contributed by atoms with Crippen molar-refractivity contribution in [3.05, 3.63) is 48.0 Å². The van der Waals surface area contributed by atoms with Crippen molar-refractivity contribution in [1.29, 1.82) is 0 Å². The van der Waals surface area contributed by atoms with Crippen LogP contribution in [0.5, 0.6) is 0 Å². The van der Waals surface area contributed by atoms with Crippen LogP contribution in [0, 0.1) is 0 Å². The van der Waals surface area contributed by atoms with Crippen LogP contribution in [0.4, 0.5) is 18.0 Å². The van der Waals surface area contributed by atoms with Crippen LogP contribution in [0.3, 0.4) is 0 Å². The molecule has 0 fully saturated rings. The quantitative estimate of drug-likeness (QED) is 0.835. The van der Waals surface area contributed by atoms with Crippen LogP contribution in [0.25, 0.3) is 0 Å². The summed E-state index contributed by atoms with van der Waals surface area (Å²) in [6.07, 6.45) is -6.20. The van der Waals surface area contributed by atoms with Crippen molar-refractivity contribution >= 4 is 6.09 Å². The summed E-state index contributed by atoms with van der Waals surface area (Å²) in [6, 6.07) is 8.96. The van der Waals surface area contributed by atoms with E-state index in [1.54, 1.807) is 24.3 Å². The molecule has 0 aromatic heterocycles. The molecule has 0 saturated heterocycles. The third-order valence-electron chi connectivity index (χ3n) is 2.15. The van der Waals surface area contributed by atoms with Gasteiger partial charge in [-0.25, -0.2) is 4.79 Å². The Bertz CT molecular complexity index is 429. The van der Waals surface area contributed by atoms with E-state index in [2.05, 4.69) is 11.9 Å². The molecule has 19 heavy (non-hydrogen) atoms. The van der Waals surface area contributed by atoms with E-state index in [1.807, 2.05) is 6.07 Å². The van der Waals surface area contributed by atoms with Crippen LogP contribution in [0.1, 0.15) is 12.0 Å². The number of ether oxygens (including phenoxy) is 1. The summed E-state index contributed by atoms with van der Waals surface area (Å²) >= 11 is 0. The first-order valence-electron chi connectivity index (χ1n) is 5.55. The minimum Gasteiger partial charge on any atom is -0.445 e. The fourth-order valence-corrected chi connectivity index (χ4v) is 1.32. The van der Waals surface area contributed by atoms with Gasteiger partial charge in [-0.1, -0.05) is 36.9 Å². The number of rotatable bonds is 5. The maximum Gasteiger partial charge on any atom is 0.407 e. The number of hydrogen-bond donors (Lipinski definition) is 1. The highest BCUT2D eigenvalue weighted by Crippen LogP contribution is 2.23. The van der Waals surface area contributed by atoms with Gasteiger partial charge in [0.15, 0.2) is 0 Å². The van der Waals surface area contributed by atoms with E-state index >= 15 is 0 Å². The monoisotopic (exact) mass is 273 g/mol. The fourth-order valence-electron chi connectivity index (χ4n) is 1.32. The third kappa shape index (κ3) is 7.13. The van der Waals surface area contributed by atoms with Crippen LogP contribution < -0.4 is 5.32 Å². The summed E-state index contributed by atoms with van der Waals surface area (Å²) in [5, 5.41) is 2.21. The molecule has 1 aromatic carbocycles. The molecule has 6 heteroatoms. The van der Waals surface area contributed by atoms with Gasteiger partial charge in [-0.3, -0.25) is 0 Å². The van der Waals surface area contributed by atoms with Crippen molar-refractivity contribution in [1.82, 2.24) is 5.32 Å². The molecule has 0 aliphatic rings. The highest BCUT2D eigenvalue weighted by molar-refractivity contribution is 5.67. The molecule has 0 spiro atoms. The molecule has 1 amide bonds. The lowest BCUT2D eigenvalue weighted by Gasteiger charge is -2.10. The van der Waals surface area contributed by atoms with E-state index in [0.717, 1.165) is 5.56 Å². The molecule has 1 aromatic rings. The first kappa shape index (κ1) is 15.1. The molecule has 0 radical (unpaired) electrons. The van der Waals surface area contributed by atoms with Crippen molar-refractivity contribution in [3.63, 3.8) is 0 Å². The molecule has 0 saturated carbocycles. The number of alkyl carbamates (subject to hydrolysis) is 1. The van der Waals surface area contributed by atoms with E-state index < -0.39 is 18.7 Å². The van der Waals surface area contributed by atoms with E-state index in [1.165, 1.54) is 0 Å². The smallest absolute Gasteiger partial charge is 0.407 e. The lowest BCUT2D eigenvalue weighted by molar-refractivity contribution is -0.127. The summed E-state index contributed by atoms with van der Waals surface area (Å²) in [6.45, 7) is 3.05. The van der Waals surface area contributed by atoms with Crippen molar-refractivity contribution in [2.24, 2.45) is 0 Å². The normalized spacial score (nSPS) is 10.9. The molecule has 104 valence electrons. The van der Waals surface area contributed by atoms with Gasteiger partial charge in [-0.2, -0.15) is 13.2 Å². The van der Waals surface area contributed by atoms with Gasteiger partial charge < -0.3 is 10.1 Å². The van der Waals surface area contributed by atoms with Gasteiger partial charge >= 0.3 is 12.3 Å². The molecule has 0 heterocycles. The number of halogens is 3. The summed E-state index contributed by atoms with van der Waals surface area (Å²) in [4.78, 5) is 11.2. The molecule has 0 aliphatic heterocycles. The lowest BCUT2D eigenvalue weighted by Crippen LogP contribution is -2.27. The Morgan fingerprint density at radius 2 is 1.89 bits per heavy atom. The molecular formula is C13H14F3NO2. The number of hydrogen-bond acceptors (Lipinski definition) is 2. The SMILES string of the molecule is C=C(CNC(=O)OCc1ccccc1)CC(F)(F)F. The summed E-state index contributed by atoms with van der Waals surface area (Å²) in [5.74, 6) is 0. The Labute approximate surface area is 109 Å². The zero-order chi connectivity index (χ0) is 14.3. The van der Waals surface area contributed by atoms with Crippen LogP contribution in [-0.2, 0) is 11.3 Å². The highest BCUT2D eigenvalue weighted by Gasteiger charge is 2.28. The molecule has 0 aliphatic carbocycles. The van der Waals surface area contributed by atoms with Gasteiger partial charge in [-0.05, 0) is 11.1 Å². The minimum absolute atomic E-state index is 0.0679.